The summed E-state index contributed by atoms with van der Waals surface area (Å²) in [6.07, 6.45) is 0. The van der Waals surface area contributed by atoms with E-state index >= 15 is 0 Å². The molecule has 5 heteroatoms. The Balaban J connectivity index is 1.51. The Hall–Kier alpha value is -1.88. The van der Waals surface area contributed by atoms with Crippen LogP contribution >= 0.6 is 11.6 Å². The van der Waals surface area contributed by atoms with Gasteiger partial charge >= 0.3 is 0 Å². The van der Waals surface area contributed by atoms with Gasteiger partial charge in [0.2, 0.25) is 5.91 Å². The van der Waals surface area contributed by atoms with E-state index in [0.717, 1.165) is 54.6 Å². The molecule has 3 rings (SSSR count). The molecular weight excluding hydrogens is 358 g/mol. The molecule has 1 aliphatic heterocycles. The van der Waals surface area contributed by atoms with E-state index in [4.69, 9.17) is 11.6 Å². The van der Waals surface area contributed by atoms with E-state index in [1.54, 1.807) is 0 Å². The number of nitrogens with one attached hydrogen (secondary N) is 1. The van der Waals surface area contributed by atoms with E-state index in [-0.39, 0.29) is 11.9 Å². The zero-order chi connectivity index (χ0) is 19.4. The lowest BCUT2D eigenvalue weighted by Gasteiger charge is -2.37. The number of rotatable bonds is 5. The highest BCUT2D eigenvalue weighted by Gasteiger charge is 2.25. The highest BCUT2D eigenvalue weighted by molar-refractivity contribution is 6.30. The maximum absolute atomic E-state index is 12.7. The lowest BCUT2D eigenvalue weighted by atomic mass is 10.1. The Morgan fingerprint density at radius 3 is 2.41 bits per heavy atom. The first kappa shape index (κ1) is 19.9. The molecule has 0 bridgehead atoms. The highest BCUT2D eigenvalue weighted by Crippen LogP contribution is 2.18. The van der Waals surface area contributed by atoms with Crippen molar-refractivity contribution < 1.29 is 4.79 Å². The quantitative estimate of drug-likeness (QED) is 0.841. The van der Waals surface area contributed by atoms with Crippen LogP contribution in [0.5, 0.6) is 0 Å². The van der Waals surface area contributed by atoms with Crippen molar-refractivity contribution in [1.82, 2.24) is 9.80 Å². The molecule has 0 aliphatic carbocycles. The predicted octanol–water partition coefficient (Wildman–Crippen LogP) is 4.10. The van der Waals surface area contributed by atoms with Gasteiger partial charge in [0.1, 0.15) is 0 Å². The molecule has 0 saturated carbocycles. The Morgan fingerprint density at radius 2 is 1.74 bits per heavy atom. The molecule has 0 aromatic heterocycles. The Kier molecular flexibility index (Phi) is 6.53. The van der Waals surface area contributed by atoms with Crippen LogP contribution in [-0.4, -0.2) is 47.9 Å². The number of anilines is 1. The third kappa shape index (κ3) is 5.32. The molecule has 2 aromatic carbocycles. The van der Waals surface area contributed by atoms with Crippen molar-refractivity contribution in [1.29, 1.82) is 0 Å². The average Bonchev–Trinajstić information content (AvgIpc) is 2.66. The molecule has 1 aliphatic rings. The highest BCUT2D eigenvalue weighted by atomic mass is 35.5. The zero-order valence-corrected chi connectivity index (χ0v) is 17.1. The van der Waals surface area contributed by atoms with Gasteiger partial charge in [-0.15, -0.1) is 0 Å². The first-order chi connectivity index (χ1) is 12.9. The Labute approximate surface area is 167 Å². The number of carbonyl (C=O) groups is 1. The standard InChI is InChI=1S/C22H28ClN3O/c1-16-4-5-17(2)21(14-16)24-22(27)18(3)26-12-10-25(11-13-26)15-19-6-8-20(23)9-7-19/h4-9,14,18H,10-13,15H2,1-3H3,(H,24,27). The molecule has 1 unspecified atom stereocenters. The normalized spacial score (nSPS) is 16.9. The maximum Gasteiger partial charge on any atom is 0.241 e. The minimum absolute atomic E-state index is 0.0647. The lowest BCUT2D eigenvalue weighted by Crippen LogP contribution is -2.52. The van der Waals surface area contributed by atoms with Gasteiger partial charge < -0.3 is 5.32 Å². The number of carbonyl (C=O) groups excluding carboxylic acids is 1. The van der Waals surface area contributed by atoms with Crippen LogP contribution in [0.25, 0.3) is 0 Å². The monoisotopic (exact) mass is 385 g/mol. The summed E-state index contributed by atoms with van der Waals surface area (Å²) in [5.41, 5.74) is 4.43. The molecule has 1 heterocycles. The van der Waals surface area contributed by atoms with Gasteiger partial charge in [-0.2, -0.15) is 0 Å². The summed E-state index contributed by atoms with van der Waals surface area (Å²) in [4.78, 5) is 17.4. The summed E-state index contributed by atoms with van der Waals surface area (Å²) < 4.78 is 0. The average molecular weight is 386 g/mol. The second-order valence-electron chi connectivity index (χ2n) is 7.42. The van der Waals surface area contributed by atoms with Crippen LogP contribution in [0.3, 0.4) is 0 Å². The number of benzene rings is 2. The van der Waals surface area contributed by atoms with Gasteiger partial charge in [-0.05, 0) is 55.7 Å². The molecule has 1 fully saturated rings. The van der Waals surface area contributed by atoms with Gasteiger partial charge in [0.15, 0.2) is 0 Å². The first-order valence-corrected chi connectivity index (χ1v) is 9.89. The Bertz CT molecular complexity index is 783. The number of hydrogen-bond donors (Lipinski definition) is 1. The predicted molar refractivity (Wildman–Crippen MR) is 112 cm³/mol. The largest absolute Gasteiger partial charge is 0.324 e. The zero-order valence-electron chi connectivity index (χ0n) is 16.3. The van der Waals surface area contributed by atoms with Crippen molar-refractivity contribution in [3.05, 3.63) is 64.2 Å². The van der Waals surface area contributed by atoms with E-state index in [1.165, 1.54) is 5.56 Å². The van der Waals surface area contributed by atoms with Crippen molar-refractivity contribution in [3.8, 4) is 0 Å². The molecule has 0 radical (unpaired) electrons. The van der Waals surface area contributed by atoms with E-state index < -0.39 is 0 Å². The molecule has 27 heavy (non-hydrogen) atoms. The number of amides is 1. The summed E-state index contributed by atoms with van der Waals surface area (Å²) in [6, 6.07) is 14.0. The molecule has 0 spiro atoms. The third-order valence-electron chi connectivity index (χ3n) is 5.30. The summed E-state index contributed by atoms with van der Waals surface area (Å²) in [6.45, 7) is 10.7. The maximum atomic E-state index is 12.7. The summed E-state index contributed by atoms with van der Waals surface area (Å²) in [5.74, 6) is 0.0647. The SMILES string of the molecule is Cc1ccc(C)c(NC(=O)C(C)N2CCN(Cc3ccc(Cl)cc3)CC2)c1. The second kappa shape index (κ2) is 8.87. The van der Waals surface area contributed by atoms with Gasteiger partial charge in [-0.25, -0.2) is 0 Å². The summed E-state index contributed by atoms with van der Waals surface area (Å²) >= 11 is 5.96. The number of nitrogens with zero attached hydrogens (tertiary/aromatic N) is 2. The fraction of sp³-hybridized carbons (Fsp3) is 0.409. The minimum Gasteiger partial charge on any atom is -0.324 e. The van der Waals surface area contributed by atoms with Gasteiger partial charge in [0.25, 0.3) is 0 Å². The van der Waals surface area contributed by atoms with Crippen LogP contribution in [0.1, 0.15) is 23.6 Å². The summed E-state index contributed by atoms with van der Waals surface area (Å²) in [7, 11) is 0. The summed E-state index contributed by atoms with van der Waals surface area (Å²) in [5, 5.41) is 3.87. The fourth-order valence-electron chi connectivity index (χ4n) is 3.43. The van der Waals surface area contributed by atoms with Gasteiger partial charge in [-0.3, -0.25) is 14.6 Å². The van der Waals surface area contributed by atoms with E-state index in [1.807, 2.05) is 45.0 Å². The molecule has 1 atom stereocenters. The van der Waals surface area contributed by atoms with Gasteiger partial charge in [0.05, 0.1) is 6.04 Å². The van der Waals surface area contributed by atoms with Crippen LogP contribution in [0, 0.1) is 13.8 Å². The molecule has 144 valence electrons. The number of hydrogen-bond acceptors (Lipinski definition) is 3. The van der Waals surface area contributed by atoms with Crippen molar-refractivity contribution in [2.45, 2.75) is 33.4 Å². The molecule has 4 nitrogen and oxygen atoms in total. The van der Waals surface area contributed by atoms with Crippen LogP contribution in [0.2, 0.25) is 5.02 Å². The third-order valence-corrected chi connectivity index (χ3v) is 5.56. The van der Waals surface area contributed by atoms with Crippen molar-refractivity contribution in [2.75, 3.05) is 31.5 Å². The molecule has 2 aromatic rings. The second-order valence-corrected chi connectivity index (χ2v) is 7.86. The minimum atomic E-state index is -0.136. The van der Waals surface area contributed by atoms with Crippen LogP contribution in [0.15, 0.2) is 42.5 Å². The number of aryl methyl sites for hydroxylation is 2. The Morgan fingerprint density at radius 1 is 1.07 bits per heavy atom. The van der Waals surface area contributed by atoms with E-state index in [0.29, 0.717) is 0 Å². The fourth-order valence-corrected chi connectivity index (χ4v) is 3.56. The smallest absolute Gasteiger partial charge is 0.241 e. The van der Waals surface area contributed by atoms with Crippen molar-refractivity contribution in [2.24, 2.45) is 0 Å². The molecular formula is C22H28ClN3O. The molecule has 1 saturated heterocycles. The molecule has 1 amide bonds. The molecule has 1 N–H and O–H groups in total. The van der Waals surface area contributed by atoms with Crippen molar-refractivity contribution >= 4 is 23.2 Å². The number of piperazine rings is 1. The first-order valence-electron chi connectivity index (χ1n) is 9.51. The topological polar surface area (TPSA) is 35.6 Å². The van der Waals surface area contributed by atoms with E-state index in [9.17, 15) is 4.79 Å². The van der Waals surface area contributed by atoms with Crippen molar-refractivity contribution in [3.63, 3.8) is 0 Å². The number of halogens is 1. The van der Waals surface area contributed by atoms with Crippen LogP contribution < -0.4 is 5.32 Å². The van der Waals surface area contributed by atoms with Crippen LogP contribution in [0.4, 0.5) is 5.69 Å². The van der Waals surface area contributed by atoms with Gasteiger partial charge in [-0.1, -0.05) is 35.9 Å². The van der Waals surface area contributed by atoms with E-state index in [2.05, 4.69) is 33.3 Å². The lowest BCUT2D eigenvalue weighted by molar-refractivity contribution is -0.121. The van der Waals surface area contributed by atoms with Crippen LogP contribution in [-0.2, 0) is 11.3 Å². The van der Waals surface area contributed by atoms with Gasteiger partial charge in [0, 0.05) is 43.4 Å².